The Morgan fingerprint density at radius 3 is 2.61 bits per heavy atom. The summed E-state index contributed by atoms with van der Waals surface area (Å²) in [6.07, 6.45) is 13.4. The van der Waals surface area contributed by atoms with Crippen molar-refractivity contribution in [2.75, 3.05) is 31.6 Å². The first-order valence-corrected chi connectivity index (χ1v) is 13.4. The Labute approximate surface area is 212 Å². The summed E-state index contributed by atoms with van der Waals surface area (Å²) in [5, 5.41) is 12.7. The number of benzene rings is 1. The molecule has 4 aromatic rings. The second kappa shape index (κ2) is 10.7. The van der Waals surface area contributed by atoms with Gasteiger partial charge in [0.25, 0.3) is 0 Å². The van der Waals surface area contributed by atoms with Crippen molar-refractivity contribution in [3.05, 3.63) is 54.9 Å². The second-order valence-electron chi connectivity index (χ2n) is 10.1. The molecule has 0 bridgehead atoms. The number of fused-ring (bicyclic) bond motifs is 1. The highest BCUT2D eigenvalue weighted by Crippen LogP contribution is 2.27. The molecule has 2 fully saturated rings. The first-order chi connectivity index (χ1) is 17.8. The molecule has 36 heavy (non-hydrogen) atoms. The van der Waals surface area contributed by atoms with Crippen molar-refractivity contribution < 1.29 is 4.74 Å². The van der Waals surface area contributed by atoms with Crippen molar-refractivity contribution >= 4 is 17.3 Å². The Bertz CT molecular complexity index is 1270. The molecule has 1 aliphatic heterocycles. The summed E-state index contributed by atoms with van der Waals surface area (Å²) >= 11 is 0. The monoisotopic (exact) mass is 485 g/mol. The number of nitrogens with one attached hydrogen (secondary N) is 1. The van der Waals surface area contributed by atoms with Gasteiger partial charge >= 0.3 is 0 Å². The molecule has 8 nitrogen and oxygen atoms in total. The van der Waals surface area contributed by atoms with Crippen molar-refractivity contribution in [1.29, 1.82) is 0 Å². The van der Waals surface area contributed by atoms with Gasteiger partial charge in [0.15, 0.2) is 5.65 Å². The Hall–Kier alpha value is -3.39. The van der Waals surface area contributed by atoms with Gasteiger partial charge in [0.05, 0.1) is 11.9 Å². The summed E-state index contributed by atoms with van der Waals surface area (Å²) < 4.78 is 9.90. The molecule has 1 saturated carbocycles. The van der Waals surface area contributed by atoms with Crippen LogP contribution in [-0.2, 0) is 6.54 Å². The van der Waals surface area contributed by atoms with Crippen LogP contribution in [0.2, 0.25) is 0 Å². The van der Waals surface area contributed by atoms with Crippen LogP contribution in [0.4, 0.5) is 11.6 Å². The molecule has 3 aromatic heterocycles. The zero-order chi connectivity index (χ0) is 24.2. The van der Waals surface area contributed by atoms with Gasteiger partial charge in [-0.05, 0) is 81.1 Å². The van der Waals surface area contributed by atoms with Gasteiger partial charge in [-0.1, -0.05) is 25.3 Å². The molecule has 1 aliphatic carbocycles. The zero-order valence-electron chi connectivity index (χ0n) is 20.9. The van der Waals surface area contributed by atoms with E-state index in [4.69, 9.17) is 9.84 Å². The van der Waals surface area contributed by atoms with Gasteiger partial charge in [0.1, 0.15) is 12.4 Å². The van der Waals surface area contributed by atoms with Gasteiger partial charge in [-0.25, -0.2) is 4.52 Å². The topological polar surface area (TPSA) is 72.5 Å². The summed E-state index contributed by atoms with van der Waals surface area (Å²) in [6.45, 7) is 5.11. The van der Waals surface area contributed by atoms with Gasteiger partial charge in [-0.15, -0.1) is 5.10 Å². The van der Waals surface area contributed by atoms with Crippen LogP contribution in [0.25, 0.3) is 16.9 Å². The average molecular weight is 486 g/mol. The molecule has 0 spiro atoms. The van der Waals surface area contributed by atoms with Crippen LogP contribution in [-0.4, -0.2) is 55.5 Å². The van der Waals surface area contributed by atoms with E-state index >= 15 is 0 Å². The Kier molecular flexibility index (Phi) is 6.85. The molecule has 0 amide bonds. The van der Waals surface area contributed by atoms with Crippen LogP contribution in [0, 0.1) is 5.92 Å². The minimum absolute atomic E-state index is 0.569. The average Bonchev–Trinajstić information content (AvgIpc) is 3.67. The summed E-state index contributed by atoms with van der Waals surface area (Å²) in [5.41, 5.74) is 3.78. The molecule has 188 valence electrons. The van der Waals surface area contributed by atoms with Crippen LogP contribution >= 0.6 is 0 Å². The van der Waals surface area contributed by atoms with E-state index in [1.165, 1.54) is 58.0 Å². The molecule has 1 saturated heterocycles. The minimum Gasteiger partial charge on any atom is -0.492 e. The van der Waals surface area contributed by atoms with E-state index in [1.807, 2.05) is 47.1 Å². The highest BCUT2D eigenvalue weighted by molar-refractivity contribution is 5.63. The predicted octanol–water partition coefficient (Wildman–Crippen LogP) is 5.39. The highest BCUT2D eigenvalue weighted by Gasteiger charge is 2.16. The molecular formula is C28H35N7O. The van der Waals surface area contributed by atoms with Gasteiger partial charge in [0, 0.05) is 30.5 Å². The number of anilines is 2. The van der Waals surface area contributed by atoms with E-state index in [-0.39, 0.29) is 0 Å². The van der Waals surface area contributed by atoms with E-state index < -0.39 is 0 Å². The molecule has 8 heteroatoms. The van der Waals surface area contributed by atoms with Crippen LogP contribution in [0.1, 0.15) is 44.9 Å². The van der Waals surface area contributed by atoms with Crippen molar-refractivity contribution in [3.63, 3.8) is 0 Å². The standard InChI is InChI=1S/C28H35N7O/c1-2-7-22(8-3-1)20-34-21-23(19-29-34)26-9-6-10-27-31-28(32-35(26)27)30-24-11-13-25(14-12-24)36-18-17-33-15-4-5-16-33/h6,9-14,19,21-22H,1-5,7-8,15-18,20H2,(H,30,32). The van der Waals surface area contributed by atoms with E-state index in [2.05, 4.69) is 37.2 Å². The van der Waals surface area contributed by atoms with Gasteiger partial charge in [-0.3, -0.25) is 9.58 Å². The number of pyridine rings is 1. The lowest BCUT2D eigenvalue weighted by Crippen LogP contribution is -2.25. The maximum atomic E-state index is 5.92. The Morgan fingerprint density at radius 2 is 1.78 bits per heavy atom. The lowest BCUT2D eigenvalue weighted by Gasteiger charge is -2.21. The summed E-state index contributed by atoms with van der Waals surface area (Å²) in [6, 6.07) is 14.1. The van der Waals surface area contributed by atoms with E-state index in [9.17, 15) is 0 Å². The lowest BCUT2D eigenvalue weighted by atomic mass is 9.89. The fourth-order valence-electron chi connectivity index (χ4n) is 5.47. The number of hydrogen-bond donors (Lipinski definition) is 1. The maximum Gasteiger partial charge on any atom is 0.247 e. The molecule has 0 radical (unpaired) electrons. The van der Waals surface area contributed by atoms with E-state index in [0.29, 0.717) is 5.95 Å². The van der Waals surface area contributed by atoms with Crippen molar-refractivity contribution in [1.82, 2.24) is 29.3 Å². The number of aromatic nitrogens is 5. The van der Waals surface area contributed by atoms with Gasteiger partial charge < -0.3 is 10.1 Å². The fourth-order valence-corrected chi connectivity index (χ4v) is 5.47. The second-order valence-corrected chi connectivity index (χ2v) is 10.1. The highest BCUT2D eigenvalue weighted by atomic mass is 16.5. The minimum atomic E-state index is 0.569. The van der Waals surface area contributed by atoms with Gasteiger partial charge in [0.2, 0.25) is 5.95 Å². The third-order valence-electron chi connectivity index (χ3n) is 7.44. The van der Waals surface area contributed by atoms with Crippen molar-refractivity contribution in [3.8, 4) is 17.0 Å². The fraction of sp³-hybridized carbons (Fsp3) is 0.464. The first kappa shape index (κ1) is 23.0. The van der Waals surface area contributed by atoms with Gasteiger partial charge in [-0.2, -0.15) is 10.1 Å². The van der Waals surface area contributed by atoms with Crippen LogP contribution in [0.5, 0.6) is 5.75 Å². The van der Waals surface area contributed by atoms with Crippen LogP contribution in [0.15, 0.2) is 54.9 Å². The molecule has 0 unspecified atom stereocenters. The normalized spacial score (nSPS) is 17.1. The predicted molar refractivity (Wildman–Crippen MR) is 142 cm³/mol. The summed E-state index contributed by atoms with van der Waals surface area (Å²) in [7, 11) is 0. The number of nitrogens with zero attached hydrogens (tertiary/aromatic N) is 6. The van der Waals surface area contributed by atoms with Crippen molar-refractivity contribution in [2.45, 2.75) is 51.5 Å². The molecule has 6 rings (SSSR count). The van der Waals surface area contributed by atoms with Crippen molar-refractivity contribution in [2.24, 2.45) is 5.92 Å². The number of rotatable bonds is 9. The molecule has 1 aromatic carbocycles. The third-order valence-corrected chi connectivity index (χ3v) is 7.44. The maximum absolute atomic E-state index is 5.92. The molecule has 0 atom stereocenters. The Balaban J connectivity index is 1.11. The number of likely N-dealkylation sites (tertiary alicyclic amines) is 1. The SMILES string of the molecule is c1cc(-c2cnn(CC3CCCCC3)c2)n2nc(Nc3ccc(OCCN4CCCC4)cc3)nc2c1. The largest absolute Gasteiger partial charge is 0.492 e. The lowest BCUT2D eigenvalue weighted by molar-refractivity contribution is 0.238. The number of hydrogen-bond acceptors (Lipinski definition) is 6. The van der Waals surface area contributed by atoms with Crippen LogP contribution in [0.3, 0.4) is 0 Å². The number of ether oxygens (including phenoxy) is 1. The quantitative estimate of drug-likeness (QED) is 0.343. The van der Waals surface area contributed by atoms with Crippen LogP contribution < -0.4 is 10.1 Å². The third kappa shape index (κ3) is 5.38. The molecule has 2 aliphatic rings. The van der Waals surface area contributed by atoms with E-state index in [0.717, 1.165) is 54.0 Å². The first-order valence-electron chi connectivity index (χ1n) is 13.4. The molecule has 4 heterocycles. The molecule has 1 N–H and O–H groups in total. The Morgan fingerprint density at radius 1 is 0.944 bits per heavy atom. The smallest absolute Gasteiger partial charge is 0.247 e. The zero-order valence-corrected chi connectivity index (χ0v) is 20.9. The molecular weight excluding hydrogens is 450 g/mol. The summed E-state index contributed by atoms with van der Waals surface area (Å²) in [4.78, 5) is 7.15. The summed E-state index contributed by atoms with van der Waals surface area (Å²) in [5.74, 6) is 2.20. The van der Waals surface area contributed by atoms with E-state index in [1.54, 1.807) is 0 Å².